The van der Waals surface area contributed by atoms with Gasteiger partial charge in [0.15, 0.2) is 0 Å². The van der Waals surface area contributed by atoms with Crippen LogP contribution in [0.4, 0.5) is 0 Å². The van der Waals surface area contributed by atoms with E-state index in [1.54, 1.807) is 0 Å². The molecule has 0 amide bonds. The van der Waals surface area contributed by atoms with Gasteiger partial charge in [0, 0.05) is 0 Å². The molecular weight excluding hydrogens is 295 g/mol. The zero-order valence-electron chi connectivity index (χ0n) is 12.3. The Morgan fingerprint density at radius 1 is 1.28 bits per heavy atom. The first-order chi connectivity index (χ1) is 8.26. The molecule has 1 aliphatic rings. The van der Waals surface area contributed by atoms with Gasteiger partial charge in [0.05, 0.1) is 0 Å². The molecule has 0 unspecified atom stereocenters. The van der Waals surface area contributed by atoms with Crippen LogP contribution in [0.2, 0.25) is 0 Å². The maximum absolute atomic E-state index is 3.66. The molecule has 1 aliphatic carbocycles. The number of unbranched alkanes of at least 4 members (excludes halogenated alkanes) is 2. The summed E-state index contributed by atoms with van der Waals surface area (Å²) in [6.45, 7) is 15.1. The number of hydrogen-bond donors (Lipinski definition) is 0. The van der Waals surface area contributed by atoms with Crippen molar-refractivity contribution in [2.75, 3.05) is 0 Å². The molecule has 18 heavy (non-hydrogen) atoms. The molecule has 0 N–H and O–H groups in total. The Balaban J connectivity index is -0.000000214. The molecule has 0 saturated heterocycles. The molecule has 0 nitrogen and oxygen atoms in total. The van der Waals surface area contributed by atoms with Crippen molar-refractivity contribution in [1.29, 1.82) is 0 Å². The van der Waals surface area contributed by atoms with E-state index in [1.165, 1.54) is 18.4 Å². The summed E-state index contributed by atoms with van der Waals surface area (Å²) in [6, 6.07) is 0. The van der Waals surface area contributed by atoms with Gasteiger partial charge in [-0.25, -0.2) is 11.6 Å². The second-order valence-corrected chi connectivity index (χ2v) is 3.84. The summed E-state index contributed by atoms with van der Waals surface area (Å²) in [5, 5.41) is 0. The van der Waals surface area contributed by atoms with Crippen molar-refractivity contribution >= 4 is 0 Å². The van der Waals surface area contributed by atoms with Crippen LogP contribution in [0.5, 0.6) is 0 Å². The first kappa shape index (κ1) is 23.2. The molecule has 0 bridgehead atoms. The molecule has 0 aromatic carbocycles. The van der Waals surface area contributed by atoms with Crippen LogP contribution in [-0.4, -0.2) is 0 Å². The van der Waals surface area contributed by atoms with Crippen LogP contribution in [0.3, 0.4) is 0 Å². The third-order valence-corrected chi connectivity index (χ3v) is 2.09. The van der Waals surface area contributed by atoms with Gasteiger partial charge in [0.1, 0.15) is 0 Å². The molecule has 0 atom stereocenters. The predicted molar refractivity (Wildman–Crippen MR) is 80.5 cm³/mol. The first-order valence-electron chi connectivity index (χ1n) is 6.72. The molecule has 0 heterocycles. The Kier molecular flexibility index (Phi) is 28.8. The van der Waals surface area contributed by atoms with E-state index < -0.39 is 0 Å². The summed E-state index contributed by atoms with van der Waals surface area (Å²) in [5.74, 6) is 0. The summed E-state index contributed by atoms with van der Waals surface area (Å²) >= 11 is 0. The zero-order chi connectivity index (χ0) is 13.4. The van der Waals surface area contributed by atoms with Crippen molar-refractivity contribution in [2.24, 2.45) is 0 Å². The molecule has 0 aromatic heterocycles. The van der Waals surface area contributed by atoms with E-state index in [1.807, 2.05) is 6.08 Å². The van der Waals surface area contributed by atoms with Crippen molar-refractivity contribution in [3.05, 3.63) is 50.3 Å². The van der Waals surface area contributed by atoms with Gasteiger partial charge in [0.25, 0.3) is 0 Å². The third-order valence-electron chi connectivity index (χ3n) is 2.09. The Morgan fingerprint density at radius 3 is 2.06 bits per heavy atom. The largest absolute Gasteiger partial charge is 3.00 e. The monoisotopic (exact) mass is 323 g/mol. The van der Waals surface area contributed by atoms with Gasteiger partial charge in [0.2, 0.25) is 0 Å². The van der Waals surface area contributed by atoms with Gasteiger partial charge < -0.3 is 13.8 Å². The van der Waals surface area contributed by atoms with Crippen LogP contribution in [0.25, 0.3) is 0 Å². The van der Waals surface area contributed by atoms with Crippen molar-refractivity contribution < 1.29 is 26.2 Å². The van der Waals surface area contributed by atoms with Crippen LogP contribution in [0.1, 0.15) is 58.8 Å². The molecule has 101 valence electrons. The predicted octanol–water partition coefficient (Wildman–Crippen LogP) is 5.88. The molecule has 1 rings (SSSR count). The number of rotatable bonds is 5. The fourth-order valence-electron chi connectivity index (χ4n) is 0.879. The van der Waals surface area contributed by atoms with Crippen molar-refractivity contribution in [3.63, 3.8) is 0 Å². The minimum absolute atomic E-state index is 0. The maximum atomic E-state index is 3.66. The molecule has 1 heteroatoms. The van der Waals surface area contributed by atoms with Crippen molar-refractivity contribution in [3.8, 4) is 0 Å². The summed E-state index contributed by atoms with van der Waals surface area (Å²) in [6.07, 6.45) is 17.2. The Morgan fingerprint density at radius 2 is 1.78 bits per heavy atom. The van der Waals surface area contributed by atoms with Crippen LogP contribution in [0.15, 0.2) is 30.4 Å². The van der Waals surface area contributed by atoms with Crippen molar-refractivity contribution in [1.82, 2.24) is 0 Å². The average molecular weight is 325 g/mol. The Labute approximate surface area is 135 Å². The van der Waals surface area contributed by atoms with E-state index >= 15 is 0 Å². The normalized spacial score (nSPS) is 11.2. The minimum Gasteiger partial charge on any atom is -0.343 e. The standard InChI is InChI=1S/C9H11.2C4H9.Zr/c1-2-3-6-9-7-4-5-8-9;2*1-3-4-2;/h2,4,7H,1,3,5-6H2;2*1,3-4H2,2H3;/q3*-1;+3. The number of allylic oxidation sites excluding steroid dienone is 5. The maximum Gasteiger partial charge on any atom is 3.00 e. The van der Waals surface area contributed by atoms with Gasteiger partial charge in [-0.1, -0.05) is 39.2 Å². The zero-order valence-corrected chi connectivity index (χ0v) is 14.8. The minimum atomic E-state index is 0. The molecule has 0 aliphatic heterocycles. The second kappa shape index (κ2) is 22.3. The summed E-state index contributed by atoms with van der Waals surface area (Å²) in [7, 11) is 0. The molecule has 0 aromatic rings. The van der Waals surface area contributed by atoms with E-state index in [4.69, 9.17) is 0 Å². The Bertz CT molecular complexity index is 194. The fraction of sp³-hybridized carbons (Fsp3) is 0.529. The summed E-state index contributed by atoms with van der Waals surface area (Å²) in [5.41, 5.74) is 1.34. The van der Waals surface area contributed by atoms with E-state index in [0.29, 0.717) is 0 Å². The first-order valence-corrected chi connectivity index (χ1v) is 6.72. The van der Waals surface area contributed by atoms with Gasteiger partial charge in [-0.15, -0.1) is 13.0 Å². The van der Waals surface area contributed by atoms with E-state index in [2.05, 4.69) is 52.5 Å². The second-order valence-electron chi connectivity index (χ2n) is 3.84. The van der Waals surface area contributed by atoms with E-state index in [-0.39, 0.29) is 26.2 Å². The Hall–Kier alpha value is 0.103. The molecular formula is C17H29Zr. The van der Waals surface area contributed by atoms with Crippen molar-refractivity contribution in [2.45, 2.75) is 58.8 Å². The molecule has 0 spiro atoms. The van der Waals surface area contributed by atoms with Crippen LogP contribution in [-0.2, 0) is 26.2 Å². The van der Waals surface area contributed by atoms with Gasteiger partial charge in [-0.05, 0) is 6.42 Å². The number of hydrogen-bond acceptors (Lipinski definition) is 0. The molecule has 0 fully saturated rings. The summed E-state index contributed by atoms with van der Waals surface area (Å²) in [4.78, 5) is 0. The van der Waals surface area contributed by atoms with E-state index in [9.17, 15) is 0 Å². The van der Waals surface area contributed by atoms with Gasteiger partial charge >= 0.3 is 26.2 Å². The van der Waals surface area contributed by atoms with Crippen LogP contribution < -0.4 is 0 Å². The van der Waals surface area contributed by atoms with E-state index in [0.717, 1.165) is 32.1 Å². The fourth-order valence-corrected chi connectivity index (χ4v) is 0.879. The van der Waals surface area contributed by atoms with Gasteiger partial charge in [-0.3, -0.25) is 6.08 Å². The van der Waals surface area contributed by atoms with Crippen LogP contribution >= 0.6 is 0 Å². The smallest absolute Gasteiger partial charge is 0.343 e. The molecule has 1 radical (unpaired) electrons. The van der Waals surface area contributed by atoms with Crippen LogP contribution in [0, 0.1) is 19.9 Å². The quantitative estimate of drug-likeness (QED) is 0.437. The molecule has 0 saturated carbocycles. The summed E-state index contributed by atoms with van der Waals surface area (Å²) < 4.78 is 0. The third kappa shape index (κ3) is 21.4. The average Bonchev–Trinajstić information content (AvgIpc) is 2.90. The SMILES string of the molecule is C=CCCC1=[C-]CC=C1.[CH2-]CCC.[CH2-]CCC.[Zr+3]. The van der Waals surface area contributed by atoms with Gasteiger partial charge in [-0.2, -0.15) is 18.9 Å². The topological polar surface area (TPSA) is 0 Å².